The largest absolute Gasteiger partial charge is 0.457 e. The van der Waals surface area contributed by atoms with Gasteiger partial charge >= 0.3 is 6.03 Å². The first-order valence-corrected chi connectivity index (χ1v) is 13.2. The molecule has 1 fully saturated rings. The van der Waals surface area contributed by atoms with Gasteiger partial charge in [0, 0.05) is 18.3 Å². The minimum atomic E-state index is -0.327. The quantitative estimate of drug-likeness (QED) is 0.300. The molecule has 0 saturated heterocycles. The lowest BCUT2D eigenvalue weighted by Crippen LogP contribution is -2.42. The van der Waals surface area contributed by atoms with Gasteiger partial charge in [-0.1, -0.05) is 18.2 Å². The molecular weight excluding hydrogens is 486 g/mol. The van der Waals surface area contributed by atoms with E-state index in [1.807, 2.05) is 61.5 Å². The summed E-state index contributed by atoms with van der Waals surface area (Å²) in [5, 5.41) is 6.86. The van der Waals surface area contributed by atoms with Gasteiger partial charge in [-0.3, -0.25) is 9.69 Å². The number of anilines is 3. The molecule has 4 N–H and O–H groups in total. The minimum absolute atomic E-state index is 0.0381. The Labute approximate surface area is 218 Å². The molecule has 2 atom stereocenters. The van der Waals surface area contributed by atoms with Crippen LogP contribution in [0.1, 0.15) is 40.9 Å². The average molecular weight is 514 g/mol. The van der Waals surface area contributed by atoms with E-state index in [4.69, 9.17) is 10.5 Å². The predicted octanol–water partition coefficient (Wildman–Crippen LogP) is 6.08. The zero-order chi connectivity index (χ0) is 25.5. The molecule has 2 aromatic heterocycles. The first-order chi connectivity index (χ1) is 18.0. The summed E-state index contributed by atoms with van der Waals surface area (Å²) in [7, 11) is 0. The van der Waals surface area contributed by atoms with E-state index in [1.165, 1.54) is 11.3 Å². The fourth-order valence-electron chi connectivity index (χ4n) is 5.16. The van der Waals surface area contributed by atoms with E-state index in [2.05, 4.69) is 15.6 Å². The van der Waals surface area contributed by atoms with Gasteiger partial charge in [0.1, 0.15) is 21.2 Å². The second kappa shape index (κ2) is 9.49. The molecule has 3 heterocycles. The molecule has 0 unspecified atom stereocenters. The van der Waals surface area contributed by atoms with Crippen molar-refractivity contribution in [3.63, 3.8) is 0 Å². The van der Waals surface area contributed by atoms with E-state index >= 15 is 0 Å². The van der Waals surface area contributed by atoms with Crippen LogP contribution < -0.4 is 26.0 Å². The summed E-state index contributed by atoms with van der Waals surface area (Å²) in [5.74, 6) is 1.22. The van der Waals surface area contributed by atoms with Crippen LogP contribution in [0.4, 0.5) is 21.9 Å². The molecule has 188 valence electrons. The summed E-state index contributed by atoms with van der Waals surface area (Å²) in [4.78, 5) is 34.0. The number of carbonyl (C=O) groups is 2. The average Bonchev–Trinajstić information content (AvgIpc) is 3.25. The van der Waals surface area contributed by atoms with Crippen LogP contribution in [-0.2, 0) is 0 Å². The number of hydrogen-bond acceptors (Lipinski definition) is 6. The van der Waals surface area contributed by atoms with Crippen molar-refractivity contribution in [3.05, 3.63) is 71.2 Å². The van der Waals surface area contributed by atoms with Crippen molar-refractivity contribution >= 4 is 50.6 Å². The first-order valence-electron chi connectivity index (χ1n) is 12.4. The SMILES string of the molecule is Cc1cc(Oc2ccccc2)ccc1N1C(=O)Nc2c(C(=O)N[C@@H]3CCC[C@H](N)C3)sc3nccc1c23. The molecule has 9 heteroatoms. The summed E-state index contributed by atoms with van der Waals surface area (Å²) in [6.07, 6.45) is 5.33. The number of nitrogens with zero attached hydrogens (tertiary/aromatic N) is 2. The Morgan fingerprint density at radius 2 is 1.97 bits per heavy atom. The molecular formula is C28H27N5O3S. The van der Waals surface area contributed by atoms with Crippen LogP contribution in [0.2, 0.25) is 0 Å². The Bertz CT molecular complexity index is 1500. The number of hydrogen-bond donors (Lipinski definition) is 3. The minimum Gasteiger partial charge on any atom is -0.457 e. The molecule has 0 bridgehead atoms. The number of nitrogens with one attached hydrogen (secondary N) is 2. The highest BCUT2D eigenvalue weighted by molar-refractivity contribution is 7.21. The van der Waals surface area contributed by atoms with Gasteiger partial charge in [0.05, 0.1) is 22.4 Å². The number of benzene rings is 2. The maximum Gasteiger partial charge on any atom is 0.331 e. The lowest BCUT2D eigenvalue weighted by atomic mass is 9.91. The number of carbonyl (C=O) groups excluding carboxylic acids is 2. The second-order valence-corrected chi connectivity index (χ2v) is 10.5. The van der Waals surface area contributed by atoms with Gasteiger partial charge in [-0.05, 0) is 74.6 Å². The van der Waals surface area contributed by atoms with Gasteiger partial charge in [0.15, 0.2) is 0 Å². The van der Waals surface area contributed by atoms with Crippen LogP contribution in [0.5, 0.6) is 11.5 Å². The Kier molecular flexibility index (Phi) is 6.02. The van der Waals surface area contributed by atoms with Crippen molar-refractivity contribution < 1.29 is 14.3 Å². The van der Waals surface area contributed by atoms with Crippen LogP contribution in [0.15, 0.2) is 60.8 Å². The van der Waals surface area contributed by atoms with Gasteiger partial charge in [-0.2, -0.15) is 0 Å². The molecule has 1 aliphatic heterocycles. The van der Waals surface area contributed by atoms with Crippen LogP contribution in [-0.4, -0.2) is 29.0 Å². The summed E-state index contributed by atoms with van der Waals surface area (Å²) in [5.41, 5.74) is 8.92. The lowest BCUT2D eigenvalue weighted by Gasteiger charge is -2.30. The number of para-hydroxylation sites is 1. The fourth-order valence-corrected chi connectivity index (χ4v) is 6.18. The molecule has 0 radical (unpaired) electrons. The smallest absolute Gasteiger partial charge is 0.331 e. The molecule has 2 aromatic carbocycles. The highest BCUT2D eigenvalue weighted by Gasteiger charge is 2.34. The number of ether oxygens (including phenoxy) is 1. The maximum absolute atomic E-state index is 13.5. The Morgan fingerprint density at radius 1 is 1.14 bits per heavy atom. The molecule has 3 amide bonds. The van der Waals surface area contributed by atoms with Crippen molar-refractivity contribution in [2.45, 2.75) is 44.7 Å². The number of thiophene rings is 1. The second-order valence-electron chi connectivity index (χ2n) is 9.54. The van der Waals surface area contributed by atoms with Crippen molar-refractivity contribution in [1.82, 2.24) is 10.3 Å². The molecule has 1 aliphatic carbocycles. The Balaban J connectivity index is 1.33. The van der Waals surface area contributed by atoms with Crippen molar-refractivity contribution in [2.75, 3.05) is 10.2 Å². The van der Waals surface area contributed by atoms with Gasteiger partial charge < -0.3 is 21.1 Å². The van der Waals surface area contributed by atoms with E-state index < -0.39 is 0 Å². The molecule has 8 nitrogen and oxygen atoms in total. The molecule has 2 aliphatic rings. The molecule has 37 heavy (non-hydrogen) atoms. The molecule has 0 spiro atoms. The molecule has 1 saturated carbocycles. The van der Waals surface area contributed by atoms with Crippen LogP contribution in [0.3, 0.4) is 0 Å². The number of pyridine rings is 1. The van der Waals surface area contributed by atoms with Crippen molar-refractivity contribution in [2.24, 2.45) is 5.73 Å². The molecule has 6 rings (SSSR count). The van der Waals surface area contributed by atoms with Crippen molar-refractivity contribution in [1.29, 1.82) is 0 Å². The third-order valence-corrected chi connectivity index (χ3v) is 7.99. The maximum atomic E-state index is 13.5. The van der Waals surface area contributed by atoms with Gasteiger partial charge in [-0.15, -0.1) is 11.3 Å². The van der Waals surface area contributed by atoms with E-state index in [-0.39, 0.29) is 24.0 Å². The molecule has 4 aromatic rings. The van der Waals surface area contributed by atoms with Crippen molar-refractivity contribution in [3.8, 4) is 11.5 Å². The number of aromatic nitrogens is 1. The van der Waals surface area contributed by atoms with Crippen LogP contribution >= 0.6 is 11.3 Å². The third-order valence-electron chi connectivity index (χ3n) is 6.89. The van der Waals surface area contributed by atoms with Crippen LogP contribution in [0, 0.1) is 6.92 Å². The Hall–Kier alpha value is -3.95. The topological polar surface area (TPSA) is 110 Å². The number of amides is 3. The zero-order valence-electron chi connectivity index (χ0n) is 20.4. The fraction of sp³-hybridized carbons (Fsp3) is 0.250. The standard InChI is InChI=1S/C28H27N5O3S/c1-16-14-20(36-19-8-3-2-4-9-19)10-11-21(16)33-22-12-13-30-27-23(22)24(32-28(33)35)25(37-27)26(34)31-18-7-5-6-17(29)15-18/h2-4,8-14,17-18H,5-7,15,29H2,1H3,(H,31,34)(H,32,35)/t17-,18+/m0/s1. The normalized spacial score (nSPS) is 19.0. The summed E-state index contributed by atoms with van der Waals surface area (Å²) >= 11 is 1.29. The highest BCUT2D eigenvalue weighted by Crippen LogP contribution is 2.46. The van der Waals surface area contributed by atoms with Crippen LogP contribution in [0.25, 0.3) is 10.2 Å². The summed E-state index contributed by atoms with van der Waals surface area (Å²) in [6, 6.07) is 16.8. The number of urea groups is 1. The van der Waals surface area contributed by atoms with E-state index in [0.717, 1.165) is 48.1 Å². The Morgan fingerprint density at radius 3 is 2.76 bits per heavy atom. The summed E-state index contributed by atoms with van der Waals surface area (Å²) in [6.45, 7) is 1.94. The van der Waals surface area contributed by atoms with E-state index in [1.54, 1.807) is 11.1 Å². The first kappa shape index (κ1) is 23.4. The van der Waals surface area contributed by atoms with Gasteiger partial charge in [0.25, 0.3) is 5.91 Å². The predicted molar refractivity (Wildman–Crippen MR) is 146 cm³/mol. The van der Waals surface area contributed by atoms with Gasteiger partial charge in [-0.25, -0.2) is 9.78 Å². The highest BCUT2D eigenvalue weighted by atomic mass is 32.1. The van der Waals surface area contributed by atoms with Gasteiger partial charge in [0.2, 0.25) is 0 Å². The zero-order valence-corrected chi connectivity index (χ0v) is 21.2. The lowest BCUT2D eigenvalue weighted by molar-refractivity contribution is 0.0930. The summed E-state index contributed by atoms with van der Waals surface area (Å²) < 4.78 is 5.96. The van der Waals surface area contributed by atoms with E-state index in [9.17, 15) is 9.59 Å². The monoisotopic (exact) mass is 513 g/mol. The number of rotatable bonds is 5. The number of aryl methyl sites for hydroxylation is 1. The third kappa shape index (κ3) is 4.41. The number of nitrogens with two attached hydrogens (primary N) is 1. The van der Waals surface area contributed by atoms with E-state index in [0.29, 0.717) is 26.8 Å².